The molecule has 0 aromatic rings. The molecule has 2 nitrogen and oxygen atoms in total. The van der Waals surface area contributed by atoms with Crippen LogP contribution in [-0.4, -0.2) is 5.97 Å². The van der Waals surface area contributed by atoms with Gasteiger partial charge in [0.05, 0.1) is 0 Å². The Hall–Kier alpha value is 0.573. The monoisotopic (exact) mass is 259 g/mol. The average molecular weight is 261 g/mol. The first-order valence-corrected chi connectivity index (χ1v) is 4.25. The minimum Gasteiger partial charge on any atom is -1.00 e. The Morgan fingerprint density at radius 3 is 1.40 bits per heavy atom. The van der Waals surface area contributed by atoms with Gasteiger partial charge in [0.1, 0.15) is 0 Å². The number of aliphatic carboxylic acids is 1. The molecule has 0 saturated carbocycles. The molecule has 0 fully saturated rings. The van der Waals surface area contributed by atoms with Crippen molar-refractivity contribution in [1.82, 2.24) is 0 Å². The number of carbonyl (C=O) groups excluding carboxylic acids is 1. The van der Waals surface area contributed by atoms with Crippen LogP contribution in [0, 0.1) is 0 Å². The van der Waals surface area contributed by atoms with Crippen molar-refractivity contribution in [2.24, 2.45) is 0 Å². The number of carboxylic acids is 1. The van der Waals surface area contributed by atoms with E-state index in [1.54, 1.807) is 0 Å². The number of halogens is 1. The van der Waals surface area contributed by atoms with E-state index in [1.807, 2.05) is 0 Å². The Morgan fingerprint density at radius 2 is 1.40 bits per heavy atom. The van der Waals surface area contributed by atoms with Crippen LogP contribution in [0.25, 0.3) is 0 Å². The van der Waals surface area contributed by atoms with E-state index in [1.165, 1.54) is 18.3 Å². The Labute approximate surface area is 82.8 Å². The van der Waals surface area contributed by atoms with Gasteiger partial charge in [0.15, 0.2) is 0 Å². The molecular formula is C6H12BrO2Zn. The second kappa shape index (κ2) is 7.68. The molecule has 4 heteroatoms. The van der Waals surface area contributed by atoms with Gasteiger partial charge in [-0.1, -0.05) is 0 Å². The molecule has 57 valence electrons. The van der Waals surface area contributed by atoms with Crippen molar-refractivity contribution in [2.45, 2.75) is 31.7 Å². The third-order valence-electron chi connectivity index (χ3n) is 0. The molecule has 0 aromatic carbocycles. The molecule has 0 saturated heterocycles. The SMILES string of the molecule is CC(=O)[O-].C[C](C)(C)[Zn+2].[Br-]. The van der Waals surface area contributed by atoms with Crippen molar-refractivity contribution < 1.29 is 45.2 Å². The number of rotatable bonds is 0. The molecule has 0 aliphatic heterocycles. The van der Waals surface area contributed by atoms with Gasteiger partial charge in [-0.15, -0.1) is 0 Å². The van der Waals surface area contributed by atoms with Crippen molar-refractivity contribution in [3.63, 3.8) is 0 Å². The van der Waals surface area contributed by atoms with E-state index in [2.05, 4.69) is 20.8 Å². The maximum absolute atomic E-state index is 8.89. The molecule has 0 N–H and O–H groups in total. The van der Waals surface area contributed by atoms with E-state index in [-0.39, 0.29) is 17.0 Å². The summed E-state index contributed by atoms with van der Waals surface area (Å²) < 4.78 is 0.625. The molecule has 0 aliphatic carbocycles. The molecule has 0 bridgehead atoms. The smallest absolute Gasteiger partial charge is 1.00 e. The molecule has 0 aromatic heterocycles. The van der Waals surface area contributed by atoms with Crippen LogP contribution in [0.1, 0.15) is 27.7 Å². The Bertz CT molecular complexity index is 78.2. The summed E-state index contributed by atoms with van der Waals surface area (Å²) in [5.74, 6) is -1.08. The van der Waals surface area contributed by atoms with Crippen LogP contribution >= 0.6 is 0 Å². The quantitative estimate of drug-likeness (QED) is 0.453. The minimum absolute atomic E-state index is 0. The van der Waals surface area contributed by atoms with Crippen LogP contribution in [0.3, 0.4) is 0 Å². The molecule has 0 amide bonds. The first kappa shape index (κ1) is 16.9. The zero-order valence-corrected chi connectivity index (χ0v) is 11.5. The first-order chi connectivity index (χ1) is 3.73. The van der Waals surface area contributed by atoms with E-state index >= 15 is 0 Å². The molecule has 0 atom stereocenters. The second-order valence-corrected chi connectivity index (χ2v) is 7.50. The maximum Gasteiger partial charge on any atom is -1.00 e. The summed E-state index contributed by atoms with van der Waals surface area (Å²) in [4.78, 5) is 8.89. The van der Waals surface area contributed by atoms with Gasteiger partial charge in [-0.3, -0.25) is 0 Å². The van der Waals surface area contributed by atoms with Gasteiger partial charge in [0.25, 0.3) is 0 Å². The molecule has 0 heterocycles. The fraction of sp³-hybridized carbons (Fsp3) is 0.833. The summed E-state index contributed by atoms with van der Waals surface area (Å²) in [7, 11) is 0. The van der Waals surface area contributed by atoms with E-state index in [4.69, 9.17) is 9.90 Å². The molecular weight excluding hydrogens is 249 g/mol. The molecule has 0 rings (SSSR count). The fourth-order valence-corrected chi connectivity index (χ4v) is 0. The van der Waals surface area contributed by atoms with Gasteiger partial charge < -0.3 is 26.9 Å². The largest absolute Gasteiger partial charge is 1.00 e. The zero-order chi connectivity index (χ0) is 8.08. The topological polar surface area (TPSA) is 40.1 Å². The number of carboxylic acid groups (broad SMARTS) is 1. The zero-order valence-electron chi connectivity index (χ0n) is 6.90. The average Bonchev–Trinajstić information content (AvgIpc) is 1.19. The molecule has 0 spiro atoms. The third kappa shape index (κ3) is 1500. The van der Waals surface area contributed by atoms with Crippen LogP contribution in [0.4, 0.5) is 0 Å². The van der Waals surface area contributed by atoms with Gasteiger partial charge in [-0.2, -0.15) is 0 Å². The van der Waals surface area contributed by atoms with E-state index in [0.717, 1.165) is 6.92 Å². The second-order valence-electron chi connectivity index (χ2n) is 3.05. The number of carbonyl (C=O) groups is 1. The summed E-state index contributed by atoms with van der Waals surface area (Å²) in [6, 6.07) is 0. The number of hydrogen-bond donors (Lipinski definition) is 0. The van der Waals surface area contributed by atoms with Crippen molar-refractivity contribution in [3.05, 3.63) is 0 Å². The molecule has 0 radical (unpaired) electrons. The standard InChI is InChI=1S/C4H9.C2H4O2.BrH.Zn/c1-4(2)3;1-2(3)4;;/h1-3H3;1H3,(H,3,4);1H;/q;;;+2/p-2. The van der Waals surface area contributed by atoms with E-state index < -0.39 is 5.97 Å². The first-order valence-electron chi connectivity index (χ1n) is 2.76. The van der Waals surface area contributed by atoms with Crippen LogP contribution in [0.5, 0.6) is 0 Å². The Balaban J connectivity index is -0.0000000910. The molecule has 0 unspecified atom stereocenters. The third-order valence-corrected chi connectivity index (χ3v) is 0. The van der Waals surface area contributed by atoms with Crippen molar-refractivity contribution >= 4 is 5.97 Å². The van der Waals surface area contributed by atoms with Gasteiger partial charge in [0.2, 0.25) is 0 Å². The molecule has 10 heavy (non-hydrogen) atoms. The maximum atomic E-state index is 8.89. The van der Waals surface area contributed by atoms with Crippen molar-refractivity contribution in [3.8, 4) is 0 Å². The van der Waals surface area contributed by atoms with E-state index in [0.29, 0.717) is 4.01 Å². The van der Waals surface area contributed by atoms with Gasteiger partial charge in [0, 0.05) is 5.97 Å². The number of hydrogen-bond acceptors (Lipinski definition) is 2. The van der Waals surface area contributed by atoms with Gasteiger partial charge in [-0.05, 0) is 6.92 Å². The van der Waals surface area contributed by atoms with Crippen LogP contribution in [-0.2, 0) is 23.1 Å². The van der Waals surface area contributed by atoms with Gasteiger partial charge in [-0.25, -0.2) is 0 Å². The van der Waals surface area contributed by atoms with Crippen molar-refractivity contribution in [1.29, 1.82) is 0 Å². The fourth-order valence-electron chi connectivity index (χ4n) is 0. The van der Waals surface area contributed by atoms with Crippen LogP contribution < -0.4 is 22.1 Å². The normalized spacial score (nSPS) is 8.60. The summed E-state index contributed by atoms with van der Waals surface area (Å²) in [6.45, 7) is 7.70. The summed E-state index contributed by atoms with van der Waals surface area (Å²) in [6.07, 6.45) is 0. The van der Waals surface area contributed by atoms with Crippen molar-refractivity contribution in [2.75, 3.05) is 0 Å². The predicted molar refractivity (Wildman–Crippen MR) is 30.4 cm³/mol. The Morgan fingerprint density at radius 1 is 1.40 bits per heavy atom. The molecule has 0 aliphatic rings. The van der Waals surface area contributed by atoms with E-state index in [9.17, 15) is 0 Å². The summed E-state index contributed by atoms with van der Waals surface area (Å²) >= 11 is 1.40. The van der Waals surface area contributed by atoms with Crippen LogP contribution in [0.2, 0.25) is 4.01 Å². The van der Waals surface area contributed by atoms with Gasteiger partial charge >= 0.3 is 43.1 Å². The summed E-state index contributed by atoms with van der Waals surface area (Å²) in [5.41, 5.74) is 0. The Kier molecular flexibility index (Phi) is 13.0. The van der Waals surface area contributed by atoms with Crippen LogP contribution in [0.15, 0.2) is 0 Å². The minimum atomic E-state index is -1.08. The summed E-state index contributed by atoms with van der Waals surface area (Å²) in [5, 5.41) is 8.89. The predicted octanol–water partition coefficient (Wildman–Crippen LogP) is -2.49.